The van der Waals surface area contributed by atoms with Crippen LogP contribution in [0.15, 0.2) is 53.5 Å². The minimum Gasteiger partial charge on any atom is -0.324 e. The fraction of sp³-hybridized carbons (Fsp3) is 0.125. The molecule has 3 rings (SSSR count). The van der Waals surface area contributed by atoms with Gasteiger partial charge in [0.2, 0.25) is 5.28 Å². The summed E-state index contributed by atoms with van der Waals surface area (Å²) >= 11 is 6.02. The summed E-state index contributed by atoms with van der Waals surface area (Å²) in [6, 6.07) is 13.3. The van der Waals surface area contributed by atoms with Crippen LogP contribution in [0, 0.1) is 6.92 Å². The molecule has 4 nitrogen and oxygen atoms in total. The molecule has 1 N–H and O–H groups in total. The molecule has 0 spiro atoms. The van der Waals surface area contributed by atoms with Gasteiger partial charge in [0.1, 0.15) is 0 Å². The largest absolute Gasteiger partial charge is 0.324 e. The van der Waals surface area contributed by atoms with Crippen LogP contribution in [0.1, 0.15) is 11.4 Å². The smallest absolute Gasteiger partial charge is 0.256 e. The van der Waals surface area contributed by atoms with Crippen molar-refractivity contribution in [3.05, 3.63) is 75.7 Å². The van der Waals surface area contributed by atoms with Crippen LogP contribution >= 0.6 is 11.6 Å². The van der Waals surface area contributed by atoms with Crippen LogP contribution in [0.25, 0.3) is 11.1 Å². The number of nitrogens with zero attached hydrogens (tertiary/aromatic N) is 2. The van der Waals surface area contributed by atoms with Crippen molar-refractivity contribution >= 4 is 11.6 Å². The molecule has 0 aliphatic carbocycles. The SMILES string of the molecule is Cc1cnc(Cl)n1Cc1ccc(-c2ccccc2)c(=O)[nH]1. The predicted octanol–water partition coefficient (Wildman–Crippen LogP) is 3.25. The Kier molecular flexibility index (Phi) is 3.62. The second-order valence-electron chi connectivity index (χ2n) is 4.85. The van der Waals surface area contributed by atoms with Gasteiger partial charge >= 0.3 is 0 Å². The van der Waals surface area contributed by atoms with Crippen LogP contribution < -0.4 is 5.56 Å². The Labute approximate surface area is 127 Å². The number of nitrogens with one attached hydrogen (secondary N) is 1. The van der Waals surface area contributed by atoms with Gasteiger partial charge in [-0.3, -0.25) is 4.79 Å². The van der Waals surface area contributed by atoms with Crippen LogP contribution in [-0.4, -0.2) is 14.5 Å². The molecular formula is C16H14ClN3O. The first kappa shape index (κ1) is 13.6. The van der Waals surface area contributed by atoms with Crippen LogP contribution in [0.2, 0.25) is 5.28 Å². The Balaban J connectivity index is 1.94. The highest BCUT2D eigenvalue weighted by molar-refractivity contribution is 6.28. The van der Waals surface area contributed by atoms with E-state index in [-0.39, 0.29) is 5.56 Å². The molecule has 0 bridgehead atoms. The second-order valence-corrected chi connectivity index (χ2v) is 5.19. The van der Waals surface area contributed by atoms with Crippen molar-refractivity contribution in [1.82, 2.24) is 14.5 Å². The number of aromatic nitrogens is 3. The summed E-state index contributed by atoms with van der Waals surface area (Å²) in [4.78, 5) is 19.2. The molecule has 2 aromatic heterocycles. The van der Waals surface area contributed by atoms with E-state index in [0.29, 0.717) is 17.4 Å². The van der Waals surface area contributed by atoms with Crippen molar-refractivity contribution in [2.75, 3.05) is 0 Å². The number of hydrogen-bond acceptors (Lipinski definition) is 2. The summed E-state index contributed by atoms with van der Waals surface area (Å²) in [6.07, 6.45) is 1.71. The number of pyridine rings is 1. The van der Waals surface area contributed by atoms with Crippen LogP contribution in [0.3, 0.4) is 0 Å². The molecule has 0 atom stereocenters. The molecule has 0 aliphatic heterocycles. The van der Waals surface area contributed by atoms with E-state index in [1.807, 2.05) is 54.0 Å². The van der Waals surface area contributed by atoms with Crippen LogP contribution in [0.4, 0.5) is 0 Å². The van der Waals surface area contributed by atoms with Gasteiger partial charge in [0.15, 0.2) is 0 Å². The van der Waals surface area contributed by atoms with E-state index in [4.69, 9.17) is 11.6 Å². The van der Waals surface area contributed by atoms with Crippen molar-refractivity contribution < 1.29 is 0 Å². The molecule has 3 aromatic rings. The van der Waals surface area contributed by atoms with Gasteiger partial charge in [-0.15, -0.1) is 0 Å². The second kappa shape index (κ2) is 5.58. The number of H-pyrrole nitrogens is 1. The van der Waals surface area contributed by atoms with E-state index in [1.165, 1.54) is 0 Å². The molecule has 0 aliphatic rings. The third kappa shape index (κ3) is 2.76. The summed E-state index contributed by atoms with van der Waals surface area (Å²) in [5.41, 5.74) is 3.21. The molecule has 106 valence electrons. The Hall–Kier alpha value is -2.33. The lowest BCUT2D eigenvalue weighted by molar-refractivity contribution is 0.747. The Bertz CT molecular complexity index is 802. The van der Waals surface area contributed by atoms with Crippen molar-refractivity contribution in [2.45, 2.75) is 13.5 Å². The number of imidazole rings is 1. The summed E-state index contributed by atoms with van der Waals surface area (Å²) in [5, 5.41) is 0.417. The molecule has 1 aromatic carbocycles. The molecule has 0 amide bonds. The molecule has 0 unspecified atom stereocenters. The standard InChI is InChI=1S/C16H14ClN3O/c1-11-9-18-16(17)20(11)10-13-7-8-14(15(21)19-13)12-5-3-2-4-6-12/h2-9H,10H2,1H3,(H,19,21). The first-order valence-electron chi connectivity index (χ1n) is 6.60. The third-order valence-corrected chi connectivity index (χ3v) is 3.69. The van der Waals surface area contributed by atoms with Gasteiger partial charge in [-0.2, -0.15) is 0 Å². The average molecular weight is 300 g/mol. The highest BCUT2D eigenvalue weighted by Crippen LogP contribution is 2.16. The minimum atomic E-state index is -0.104. The third-order valence-electron chi connectivity index (χ3n) is 3.39. The van der Waals surface area contributed by atoms with E-state index in [2.05, 4.69) is 9.97 Å². The lowest BCUT2D eigenvalue weighted by Crippen LogP contribution is -2.13. The number of hydrogen-bond donors (Lipinski definition) is 1. The van der Waals surface area contributed by atoms with Crippen molar-refractivity contribution in [3.8, 4) is 11.1 Å². The molecule has 21 heavy (non-hydrogen) atoms. The lowest BCUT2D eigenvalue weighted by atomic mass is 10.1. The zero-order valence-corrected chi connectivity index (χ0v) is 12.3. The van der Waals surface area contributed by atoms with E-state index >= 15 is 0 Å². The highest BCUT2D eigenvalue weighted by Gasteiger charge is 2.08. The number of benzene rings is 1. The van der Waals surface area contributed by atoms with Crippen LogP contribution in [-0.2, 0) is 6.54 Å². The Morgan fingerprint density at radius 1 is 1.19 bits per heavy atom. The average Bonchev–Trinajstić information content (AvgIpc) is 2.80. The first-order valence-corrected chi connectivity index (χ1v) is 6.98. The van der Waals surface area contributed by atoms with Gasteiger partial charge in [0.05, 0.1) is 6.54 Å². The van der Waals surface area contributed by atoms with Crippen LogP contribution in [0.5, 0.6) is 0 Å². The van der Waals surface area contributed by atoms with Crippen molar-refractivity contribution in [3.63, 3.8) is 0 Å². The Morgan fingerprint density at radius 3 is 2.57 bits per heavy atom. The van der Waals surface area contributed by atoms with E-state index in [0.717, 1.165) is 17.0 Å². The van der Waals surface area contributed by atoms with E-state index in [9.17, 15) is 4.79 Å². The van der Waals surface area contributed by atoms with Gasteiger partial charge in [-0.05, 0) is 36.2 Å². The maximum atomic E-state index is 12.2. The number of rotatable bonds is 3. The number of aromatic amines is 1. The molecule has 0 fully saturated rings. The number of aryl methyl sites for hydroxylation is 1. The fourth-order valence-corrected chi connectivity index (χ4v) is 2.49. The zero-order valence-electron chi connectivity index (χ0n) is 11.5. The van der Waals surface area contributed by atoms with Crippen molar-refractivity contribution in [1.29, 1.82) is 0 Å². The molecule has 0 radical (unpaired) electrons. The molecule has 2 heterocycles. The first-order chi connectivity index (χ1) is 10.1. The lowest BCUT2D eigenvalue weighted by Gasteiger charge is -2.08. The quantitative estimate of drug-likeness (QED) is 0.807. The van der Waals surface area contributed by atoms with Gasteiger partial charge in [0.25, 0.3) is 5.56 Å². The monoisotopic (exact) mass is 299 g/mol. The normalized spacial score (nSPS) is 10.8. The summed E-state index contributed by atoms with van der Waals surface area (Å²) < 4.78 is 1.84. The number of halogens is 1. The zero-order chi connectivity index (χ0) is 14.8. The molecule has 5 heteroatoms. The Morgan fingerprint density at radius 2 is 1.95 bits per heavy atom. The molecular weight excluding hydrogens is 286 g/mol. The van der Waals surface area contributed by atoms with Crippen molar-refractivity contribution in [2.24, 2.45) is 0 Å². The topological polar surface area (TPSA) is 50.7 Å². The fourth-order valence-electron chi connectivity index (χ4n) is 2.24. The molecule has 0 saturated carbocycles. The van der Waals surface area contributed by atoms with Gasteiger partial charge in [-0.1, -0.05) is 30.3 Å². The maximum absolute atomic E-state index is 12.2. The van der Waals surface area contributed by atoms with Gasteiger partial charge in [-0.25, -0.2) is 4.98 Å². The summed E-state index contributed by atoms with van der Waals surface area (Å²) in [6.45, 7) is 2.42. The minimum absolute atomic E-state index is 0.104. The van der Waals surface area contributed by atoms with E-state index < -0.39 is 0 Å². The van der Waals surface area contributed by atoms with Gasteiger partial charge in [0, 0.05) is 23.1 Å². The highest BCUT2D eigenvalue weighted by atomic mass is 35.5. The van der Waals surface area contributed by atoms with Gasteiger partial charge < -0.3 is 9.55 Å². The van der Waals surface area contributed by atoms with E-state index in [1.54, 1.807) is 6.20 Å². The summed E-state index contributed by atoms with van der Waals surface area (Å²) in [5.74, 6) is 0. The summed E-state index contributed by atoms with van der Waals surface area (Å²) in [7, 11) is 0. The molecule has 0 saturated heterocycles. The predicted molar refractivity (Wildman–Crippen MR) is 83.6 cm³/mol. The maximum Gasteiger partial charge on any atom is 0.256 e.